The Kier molecular flexibility index (Phi) is 5.73. The number of carbonyl (C=O) groups excluding carboxylic acids is 2. The van der Waals surface area contributed by atoms with Crippen molar-refractivity contribution >= 4 is 11.9 Å². The Morgan fingerprint density at radius 2 is 1.23 bits per heavy atom. The quantitative estimate of drug-likeness (QED) is 0.721. The van der Waals surface area contributed by atoms with E-state index in [0.29, 0.717) is 13.0 Å². The van der Waals surface area contributed by atoms with E-state index >= 15 is 0 Å². The van der Waals surface area contributed by atoms with Crippen LogP contribution in [0.4, 0.5) is 0 Å². The summed E-state index contributed by atoms with van der Waals surface area (Å²) >= 11 is 0. The third-order valence-electron chi connectivity index (χ3n) is 6.48. The fourth-order valence-corrected chi connectivity index (χ4v) is 5.44. The largest absolute Gasteiger partial charge is 0.545 e. The fourth-order valence-electron chi connectivity index (χ4n) is 5.44. The number of carboxylic acid groups (broad SMARTS) is 2. The van der Waals surface area contributed by atoms with Crippen molar-refractivity contribution in [2.45, 2.75) is 71.6 Å². The summed E-state index contributed by atoms with van der Waals surface area (Å²) in [5.41, 5.74) is 2.07. The van der Waals surface area contributed by atoms with Crippen molar-refractivity contribution in [2.24, 2.45) is 17.8 Å². The number of carbonyl (C=O) groups is 2. The molecule has 0 aromatic carbocycles. The molecule has 2 fully saturated rings. The summed E-state index contributed by atoms with van der Waals surface area (Å²) in [5.74, 6) is -2.69. The molecular weight excluding hydrogens is 330 g/mol. The molecule has 3 aliphatic rings. The lowest BCUT2D eigenvalue weighted by atomic mass is 9.77. The van der Waals surface area contributed by atoms with Crippen molar-refractivity contribution in [1.29, 1.82) is 0 Å². The first-order valence-corrected chi connectivity index (χ1v) is 10.2. The molecule has 0 amide bonds. The predicted molar refractivity (Wildman–Crippen MR) is 94.1 cm³/mol. The van der Waals surface area contributed by atoms with E-state index < -0.39 is 17.9 Å². The maximum atomic E-state index is 12.1. The molecule has 5 heteroatoms. The molecule has 0 unspecified atom stereocenters. The second kappa shape index (κ2) is 7.85. The van der Waals surface area contributed by atoms with Crippen LogP contribution in [0.5, 0.6) is 0 Å². The summed E-state index contributed by atoms with van der Waals surface area (Å²) in [6.07, 6.45) is 8.70. The van der Waals surface area contributed by atoms with Crippen molar-refractivity contribution in [3.05, 3.63) is 22.5 Å². The maximum absolute atomic E-state index is 12.1. The summed E-state index contributed by atoms with van der Waals surface area (Å²) < 4.78 is 0. The van der Waals surface area contributed by atoms with Crippen LogP contribution in [0.15, 0.2) is 22.5 Å². The smallest absolute Gasteiger partial charge is 0.0698 e. The van der Waals surface area contributed by atoms with Gasteiger partial charge in [-0.05, 0) is 50.9 Å². The Labute approximate surface area is 155 Å². The zero-order valence-corrected chi connectivity index (χ0v) is 15.9. The summed E-state index contributed by atoms with van der Waals surface area (Å²) in [5, 5.41) is 24.2. The summed E-state index contributed by atoms with van der Waals surface area (Å²) in [6.45, 7) is 4.42. The van der Waals surface area contributed by atoms with Crippen molar-refractivity contribution in [3.8, 4) is 0 Å². The highest BCUT2D eigenvalue weighted by molar-refractivity contribution is 5.95. The van der Waals surface area contributed by atoms with Crippen molar-refractivity contribution in [1.82, 2.24) is 4.90 Å². The molecule has 0 bridgehead atoms. The topological polar surface area (TPSA) is 83.5 Å². The van der Waals surface area contributed by atoms with Gasteiger partial charge in [-0.15, -0.1) is 0 Å². The van der Waals surface area contributed by atoms with Crippen molar-refractivity contribution < 1.29 is 19.8 Å². The molecule has 0 radical (unpaired) electrons. The van der Waals surface area contributed by atoms with E-state index in [0.717, 1.165) is 62.8 Å². The van der Waals surface area contributed by atoms with Crippen LogP contribution < -0.4 is 10.2 Å². The van der Waals surface area contributed by atoms with Gasteiger partial charge in [0.05, 0.1) is 11.9 Å². The molecule has 0 aromatic heterocycles. The van der Waals surface area contributed by atoms with Crippen LogP contribution in [-0.2, 0) is 9.59 Å². The number of carboxylic acids is 2. The molecule has 1 aliphatic heterocycles. The summed E-state index contributed by atoms with van der Waals surface area (Å²) in [4.78, 5) is 26.3. The van der Waals surface area contributed by atoms with Gasteiger partial charge in [0.25, 0.3) is 0 Å². The van der Waals surface area contributed by atoms with Gasteiger partial charge in [0.15, 0.2) is 0 Å². The Balaban J connectivity index is 2.21. The Morgan fingerprint density at radius 1 is 0.846 bits per heavy atom. The molecule has 3 rings (SSSR count). The van der Waals surface area contributed by atoms with E-state index in [1.165, 1.54) is 0 Å². The second-order valence-electron chi connectivity index (χ2n) is 7.84. The SMILES string of the molecule is CCC1C(C(=O)[O-])=C(C2CCCC2)N(CC)C(C2CCCC2)=C1C(=O)[O-]. The number of hydrogen-bond acceptors (Lipinski definition) is 5. The van der Waals surface area contributed by atoms with Crippen molar-refractivity contribution in [2.75, 3.05) is 6.54 Å². The Hall–Kier alpha value is -1.78. The van der Waals surface area contributed by atoms with Crippen LogP contribution in [0.2, 0.25) is 0 Å². The lowest BCUT2D eigenvalue weighted by Crippen LogP contribution is -2.45. The van der Waals surface area contributed by atoms with Gasteiger partial charge in [-0.2, -0.15) is 0 Å². The average Bonchev–Trinajstić information content (AvgIpc) is 3.31. The molecule has 0 N–H and O–H groups in total. The van der Waals surface area contributed by atoms with E-state index in [1.54, 1.807) is 0 Å². The minimum absolute atomic E-state index is 0.191. The molecule has 0 saturated heterocycles. The highest BCUT2D eigenvalue weighted by Crippen LogP contribution is 2.48. The molecule has 2 saturated carbocycles. The van der Waals surface area contributed by atoms with Crippen LogP contribution in [0.3, 0.4) is 0 Å². The number of hydrogen-bond donors (Lipinski definition) is 0. The van der Waals surface area contributed by atoms with Crippen LogP contribution in [0.1, 0.15) is 71.6 Å². The van der Waals surface area contributed by atoms with Crippen LogP contribution in [0.25, 0.3) is 0 Å². The van der Waals surface area contributed by atoms with Gasteiger partial charge in [0.2, 0.25) is 0 Å². The lowest BCUT2D eigenvalue weighted by molar-refractivity contribution is -0.301. The number of nitrogens with zero attached hydrogens (tertiary/aromatic N) is 1. The fraction of sp³-hybridized carbons (Fsp3) is 0.714. The first-order chi connectivity index (χ1) is 12.5. The van der Waals surface area contributed by atoms with Gasteiger partial charge in [0, 0.05) is 35.0 Å². The third-order valence-corrected chi connectivity index (χ3v) is 6.48. The molecular formula is C21H29NO4-2. The predicted octanol–water partition coefficient (Wildman–Crippen LogP) is 1.74. The minimum atomic E-state index is -1.22. The lowest BCUT2D eigenvalue weighted by Gasteiger charge is -2.45. The van der Waals surface area contributed by atoms with Crippen LogP contribution in [-0.4, -0.2) is 23.4 Å². The van der Waals surface area contributed by atoms with E-state index in [1.807, 2.05) is 18.7 Å². The van der Waals surface area contributed by atoms with Gasteiger partial charge in [0.1, 0.15) is 0 Å². The molecule has 0 spiro atoms. The Bertz CT molecular complexity index is 584. The molecule has 26 heavy (non-hydrogen) atoms. The molecule has 2 aliphatic carbocycles. The monoisotopic (exact) mass is 359 g/mol. The highest BCUT2D eigenvalue weighted by atomic mass is 16.4. The average molecular weight is 359 g/mol. The van der Waals surface area contributed by atoms with E-state index in [-0.39, 0.29) is 23.0 Å². The van der Waals surface area contributed by atoms with Crippen molar-refractivity contribution in [3.63, 3.8) is 0 Å². The van der Waals surface area contributed by atoms with Gasteiger partial charge < -0.3 is 24.7 Å². The standard InChI is InChI=1S/C21H31NO4/c1-3-15-16(20(23)24)18(13-9-5-6-10-13)22(4-2)19(17(15)21(25)26)14-11-7-8-12-14/h13-15H,3-12H2,1-2H3,(H,23,24)(H,25,26)/p-2. The second-order valence-corrected chi connectivity index (χ2v) is 7.84. The first-order valence-electron chi connectivity index (χ1n) is 10.2. The van der Waals surface area contributed by atoms with Crippen LogP contribution >= 0.6 is 0 Å². The third kappa shape index (κ3) is 3.17. The molecule has 144 valence electrons. The highest BCUT2D eigenvalue weighted by Gasteiger charge is 2.40. The molecule has 1 heterocycles. The minimum Gasteiger partial charge on any atom is -0.545 e. The zero-order valence-electron chi connectivity index (χ0n) is 15.9. The summed E-state index contributed by atoms with van der Waals surface area (Å²) in [7, 11) is 0. The molecule has 5 nitrogen and oxygen atoms in total. The van der Waals surface area contributed by atoms with Crippen LogP contribution in [0, 0.1) is 17.8 Å². The normalized spacial score (nSPS) is 23.4. The van der Waals surface area contributed by atoms with Gasteiger partial charge in [-0.1, -0.05) is 32.6 Å². The summed E-state index contributed by atoms with van der Waals surface area (Å²) in [6, 6.07) is 0. The molecule has 0 aromatic rings. The number of aliphatic carboxylic acids is 2. The number of allylic oxidation sites excluding steroid dienone is 2. The first kappa shape index (κ1) is 19.0. The Morgan fingerprint density at radius 3 is 1.50 bits per heavy atom. The molecule has 0 atom stereocenters. The number of rotatable bonds is 6. The van der Waals surface area contributed by atoms with E-state index in [4.69, 9.17) is 0 Å². The van der Waals surface area contributed by atoms with Gasteiger partial charge in [-0.25, -0.2) is 0 Å². The maximum Gasteiger partial charge on any atom is 0.0698 e. The zero-order chi connectivity index (χ0) is 18.8. The van der Waals surface area contributed by atoms with Gasteiger partial charge >= 0.3 is 0 Å². The van der Waals surface area contributed by atoms with Gasteiger partial charge in [-0.3, -0.25) is 0 Å². The van der Waals surface area contributed by atoms with E-state index in [2.05, 4.69) is 0 Å². The van der Waals surface area contributed by atoms with E-state index in [9.17, 15) is 19.8 Å².